The second-order valence-corrected chi connectivity index (χ2v) is 5.21. The SMILES string of the molecule is CN(C(=O)Cc1cscn1)C(C)(C)CC(=O)O. The molecule has 0 saturated carbocycles. The highest BCUT2D eigenvalue weighted by Crippen LogP contribution is 2.18. The molecule has 0 unspecified atom stereocenters. The monoisotopic (exact) mass is 256 g/mol. The molecule has 0 radical (unpaired) electrons. The molecule has 94 valence electrons. The standard InChI is InChI=1S/C11H16N2O3S/c1-11(2,5-10(15)16)13(3)9(14)4-8-6-17-7-12-8/h6-7H,4-5H2,1-3H3,(H,15,16). The number of aliphatic carboxylic acids is 1. The Bertz CT molecular complexity index is 401. The van der Waals surface area contributed by atoms with Crippen LogP contribution in [-0.2, 0) is 16.0 Å². The van der Waals surface area contributed by atoms with Gasteiger partial charge in [-0.25, -0.2) is 4.98 Å². The summed E-state index contributed by atoms with van der Waals surface area (Å²) >= 11 is 1.44. The molecule has 0 aliphatic heterocycles. The first-order valence-electron chi connectivity index (χ1n) is 5.18. The van der Waals surface area contributed by atoms with E-state index in [1.165, 1.54) is 16.2 Å². The summed E-state index contributed by atoms with van der Waals surface area (Å²) in [6.45, 7) is 3.47. The van der Waals surface area contributed by atoms with Crippen LogP contribution in [0.3, 0.4) is 0 Å². The summed E-state index contributed by atoms with van der Waals surface area (Å²) in [4.78, 5) is 28.2. The smallest absolute Gasteiger partial charge is 0.305 e. The molecule has 0 spiro atoms. The summed E-state index contributed by atoms with van der Waals surface area (Å²) in [5.74, 6) is -1.04. The van der Waals surface area contributed by atoms with Crippen molar-refractivity contribution in [2.45, 2.75) is 32.2 Å². The lowest BCUT2D eigenvalue weighted by Gasteiger charge is -2.34. The Labute approximate surface area is 104 Å². The first-order chi connectivity index (χ1) is 7.83. The van der Waals surface area contributed by atoms with E-state index in [1.54, 1.807) is 26.4 Å². The Morgan fingerprint density at radius 3 is 2.65 bits per heavy atom. The van der Waals surface area contributed by atoms with E-state index in [2.05, 4.69) is 4.98 Å². The number of likely N-dealkylation sites (N-methyl/N-ethyl adjacent to an activating group) is 1. The van der Waals surface area contributed by atoms with Crippen molar-refractivity contribution in [1.29, 1.82) is 0 Å². The summed E-state index contributed by atoms with van der Waals surface area (Å²) in [6.07, 6.45) is 0.134. The van der Waals surface area contributed by atoms with Gasteiger partial charge in [-0.05, 0) is 13.8 Å². The fraction of sp³-hybridized carbons (Fsp3) is 0.545. The molecule has 6 heteroatoms. The van der Waals surface area contributed by atoms with E-state index in [4.69, 9.17) is 5.11 Å². The quantitative estimate of drug-likeness (QED) is 0.864. The third-order valence-corrected chi connectivity index (χ3v) is 3.32. The number of carbonyl (C=O) groups is 2. The van der Waals surface area contributed by atoms with Gasteiger partial charge in [0.05, 0.1) is 24.0 Å². The molecule has 1 amide bonds. The first kappa shape index (κ1) is 13.6. The molecule has 5 nitrogen and oxygen atoms in total. The molecule has 1 rings (SSSR count). The van der Waals surface area contributed by atoms with Crippen LogP contribution in [0.5, 0.6) is 0 Å². The van der Waals surface area contributed by atoms with Gasteiger partial charge in [-0.1, -0.05) is 0 Å². The van der Waals surface area contributed by atoms with Crippen molar-refractivity contribution in [2.24, 2.45) is 0 Å². The van der Waals surface area contributed by atoms with Crippen LogP contribution in [0.1, 0.15) is 26.0 Å². The Morgan fingerprint density at radius 1 is 1.53 bits per heavy atom. The number of carboxylic acids is 1. The second kappa shape index (κ2) is 5.27. The summed E-state index contributed by atoms with van der Waals surface area (Å²) in [7, 11) is 1.62. The van der Waals surface area contributed by atoms with Crippen molar-refractivity contribution >= 4 is 23.2 Å². The van der Waals surface area contributed by atoms with Gasteiger partial charge in [0.25, 0.3) is 0 Å². The zero-order chi connectivity index (χ0) is 13.1. The minimum absolute atomic E-state index is 0.0771. The number of rotatable bonds is 5. The molecule has 0 aromatic carbocycles. The van der Waals surface area contributed by atoms with Crippen LogP contribution in [0.2, 0.25) is 0 Å². The largest absolute Gasteiger partial charge is 0.481 e. The third kappa shape index (κ3) is 3.81. The van der Waals surface area contributed by atoms with Crippen LogP contribution in [0.4, 0.5) is 0 Å². The fourth-order valence-corrected chi connectivity index (χ4v) is 1.98. The molecule has 0 bridgehead atoms. The first-order valence-corrected chi connectivity index (χ1v) is 6.13. The Hall–Kier alpha value is -1.43. The molecule has 1 N–H and O–H groups in total. The summed E-state index contributed by atoms with van der Waals surface area (Å²) < 4.78 is 0. The van der Waals surface area contributed by atoms with Crippen LogP contribution < -0.4 is 0 Å². The predicted molar refractivity (Wildman–Crippen MR) is 64.9 cm³/mol. The maximum absolute atomic E-state index is 11.9. The normalized spacial score (nSPS) is 11.2. The number of hydrogen-bond acceptors (Lipinski definition) is 4. The van der Waals surface area contributed by atoms with Crippen molar-refractivity contribution in [2.75, 3.05) is 7.05 Å². The van der Waals surface area contributed by atoms with Gasteiger partial charge in [-0.15, -0.1) is 11.3 Å². The number of amides is 1. The lowest BCUT2D eigenvalue weighted by atomic mass is 9.98. The van der Waals surface area contributed by atoms with E-state index in [9.17, 15) is 9.59 Å². The molecule has 0 fully saturated rings. The second-order valence-electron chi connectivity index (χ2n) is 4.49. The van der Waals surface area contributed by atoms with E-state index in [-0.39, 0.29) is 18.7 Å². The van der Waals surface area contributed by atoms with Gasteiger partial charge >= 0.3 is 5.97 Å². The molecule has 1 aromatic heterocycles. The molecular formula is C11H16N2O3S. The van der Waals surface area contributed by atoms with Gasteiger partial charge in [0.1, 0.15) is 0 Å². The zero-order valence-electron chi connectivity index (χ0n) is 10.1. The van der Waals surface area contributed by atoms with E-state index in [0.29, 0.717) is 0 Å². The maximum Gasteiger partial charge on any atom is 0.305 e. The number of nitrogens with zero attached hydrogens (tertiary/aromatic N) is 2. The van der Waals surface area contributed by atoms with Crippen LogP contribution in [0, 0.1) is 0 Å². The van der Waals surface area contributed by atoms with Crippen molar-refractivity contribution in [1.82, 2.24) is 9.88 Å². The topological polar surface area (TPSA) is 70.5 Å². The van der Waals surface area contributed by atoms with Gasteiger partial charge in [-0.3, -0.25) is 9.59 Å². The van der Waals surface area contributed by atoms with E-state index in [0.717, 1.165) is 5.69 Å². The van der Waals surface area contributed by atoms with Gasteiger partial charge in [-0.2, -0.15) is 0 Å². The highest BCUT2D eigenvalue weighted by atomic mass is 32.1. The summed E-state index contributed by atoms with van der Waals surface area (Å²) in [5, 5.41) is 10.6. The Balaban J connectivity index is 2.65. The predicted octanol–water partition coefficient (Wildman–Crippen LogP) is 1.40. The Kier molecular flexibility index (Phi) is 4.22. The molecule has 0 aliphatic rings. The third-order valence-electron chi connectivity index (χ3n) is 2.68. The summed E-state index contributed by atoms with van der Waals surface area (Å²) in [5.41, 5.74) is 1.70. The average Bonchev–Trinajstić information content (AvgIpc) is 2.67. The highest BCUT2D eigenvalue weighted by molar-refractivity contribution is 7.07. The minimum Gasteiger partial charge on any atom is -0.481 e. The van der Waals surface area contributed by atoms with Crippen molar-refractivity contribution in [3.05, 3.63) is 16.6 Å². The number of thiazole rings is 1. The van der Waals surface area contributed by atoms with Gasteiger partial charge < -0.3 is 10.0 Å². The number of carboxylic acid groups (broad SMARTS) is 1. The molecule has 1 heterocycles. The molecule has 17 heavy (non-hydrogen) atoms. The zero-order valence-corrected chi connectivity index (χ0v) is 11.0. The summed E-state index contributed by atoms with van der Waals surface area (Å²) in [6, 6.07) is 0. The molecule has 0 atom stereocenters. The van der Waals surface area contributed by atoms with E-state index >= 15 is 0 Å². The Morgan fingerprint density at radius 2 is 2.18 bits per heavy atom. The molecule has 1 aromatic rings. The van der Waals surface area contributed by atoms with Gasteiger partial charge in [0.15, 0.2) is 0 Å². The number of hydrogen-bond donors (Lipinski definition) is 1. The minimum atomic E-state index is -0.914. The highest BCUT2D eigenvalue weighted by Gasteiger charge is 2.30. The van der Waals surface area contributed by atoms with Crippen molar-refractivity contribution < 1.29 is 14.7 Å². The average molecular weight is 256 g/mol. The molecule has 0 aliphatic carbocycles. The lowest BCUT2D eigenvalue weighted by molar-refractivity contribution is -0.142. The number of carbonyl (C=O) groups excluding carboxylic acids is 1. The lowest BCUT2D eigenvalue weighted by Crippen LogP contribution is -2.47. The van der Waals surface area contributed by atoms with Crippen LogP contribution >= 0.6 is 11.3 Å². The van der Waals surface area contributed by atoms with Gasteiger partial charge in [0, 0.05) is 18.0 Å². The number of aromatic nitrogens is 1. The fourth-order valence-electron chi connectivity index (χ4n) is 1.42. The van der Waals surface area contributed by atoms with Crippen molar-refractivity contribution in [3.63, 3.8) is 0 Å². The van der Waals surface area contributed by atoms with Crippen LogP contribution in [0.25, 0.3) is 0 Å². The molecular weight excluding hydrogens is 240 g/mol. The van der Waals surface area contributed by atoms with Crippen LogP contribution in [0.15, 0.2) is 10.9 Å². The van der Waals surface area contributed by atoms with E-state index in [1.807, 2.05) is 5.38 Å². The van der Waals surface area contributed by atoms with Crippen LogP contribution in [-0.4, -0.2) is 39.5 Å². The van der Waals surface area contributed by atoms with Crippen molar-refractivity contribution in [3.8, 4) is 0 Å². The molecule has 0 saturated heterocycles. The maximum atomic E-state index is 11.9. The van der Waals surface area contributed by atoms with Gasteiger partial charge in [0.2, 0.25) is 5.91 Å². The van der Waals surface area contributed by atoms with E-state index < -0.39 is 11.5 Å².